The molecule has 0 radical (unpaired) electrons. The first-order chi connectivity index (χ1) is 23.6. The minimum Gasteiger partial charge on any atom is -0.505 e. The second-order valence-corrected chi connectivity index (χ2v) is 17.0. The zero-order chi connectivity index (χ0) is 39.4. The Labute approximate surface area is 291 Å². The number of rotatable bonds is 10. The summed E-state index contributed by atoms with van der Waals surface area (Å²) in [5.41, 5.74) is -4.64. The van der Waals surface area contributed by atoms with Gasteiger partial charge in [-0.05, 0) is 53.9 Å². The predicted molar refractivity (Wildman–Crippen MR) is 172 cm³/mol. The lowest BCUT2D eigenvalue weighted by Crippen LogP contribution is -2.07. The first-order valence-corrected chi connectivity index (χ1v) is 20.1. The molecular weight excluding hydrogens is 807 g/mol. The van der Waals surface area contributed by atoms with E-state index in [2.05, 4.69) is 25.8 Å². The quantitative estimate of drug-likeness (QED) is 0.0839. The van der Waals surface area contributed by atoms with Crippen molar-refractivity contribution in [1.82, 2.24) is 0 Å². The maximum absolute atomic E-state index is 12.3. The number of phenols is 2. The molecule has 4 aromatic rings. The largest absolute Gasteiger partial charge is 0.505 e. The highest BCUT2D eigenvalue weighted by atomic mass is 32.2. The minimum atomic E-state index is -5.53. The molecule has 0 atom stereocenters. The summed E-state index contributed by atoms with van der Waals surface area (Å²) in [6, 6.07) is 4.69. The minimum absolute atomic E-state index is 0.166. The van der Waals surface area contributed by atoms with Crippen LogP contribution in [0.5, 0.6) is 11.5 Å². The Balaban J connectivity index is 2.08. The third-order valence-corrected chi connectivity index (χ3v) is 10.8. The molecular formula is C24H19N5O18S5. The number of aromatic hydroxyl groups is 2. The molecule has 0 aliphatic rings. The number of fused-ring (bicyclic) bond motifs is 1. The molecule has 0 unspecified atom stereocenters. The highest BCUT2D eigenvalue weighted by molar-refractivity contribution is 7.87. The summed E-state index contributed by atoms with van der Waals surface area (Å²) in [5.74, 6) is -3.61. The molecule has 0 aliphatic heterocycles. The van der Waals surface area contributed by atoms with Gasteiger partial charge in [-0.1, -0.05) is 0 Å². The second-order valence-electron chi connectivity index (χ2n) is 10.0. The zero-order valence-electron chi connectivity index (χ0n) is 25.1. The Hall–Kier alpha value is -5.04. The number of nitrogens with zero attached hydrogens (tertiary/aromatic N) is 4. The Bertz CT molecular complexity index is 2840. The first-order valence-electron chi connectivity index (χ1n) is 12.9. The molecule has 0 heterocycles. The topological polar surface area (TPSA) is 391 Å². The number of phenolic OH excluding ortho intramolecular Hbond substituents is 2. The van der Waals surface area contributed by atoms with Crippen LogP contribution in [0.25, 0.3) is 10.8 Å². The number of hydrogen-bond acceptors (Lipinski definition) is 17. The van der Waals surface area contributed by atoms with Crippen molar-refractivity contribution in [2.45, 2.75) is 31.4 Å². The van der Waals surface area contributed by atoms with Crippen molar-refractivity contribution < 1.29 is 79.9 Å². The number of anilines is 1. The van der Waals surface area contributed by atoms with Crippen molar-refractivity contribution in [2.75, 3.05) is 5.32 Å². The first kappa shape index (κ1) is 39.7. The molecule has 23 nitrogen and oxygen atoms in total. The molecule has 4 rings (SSSR count). The average Bonchev–Trinajstić information content (AvgIpc) is 2.97. The lowest BCUT2D eigenvalue weighted by atomic mass is 10.1. The molecule has 0 saturated heterocycles. The standard InChI is InChI=1S/C24H19N5O18S5/c1-10(30)25-12-2-4-14(17(8-12)50(39,40)41)26-28-21-18(51(42,43)44)6-11-7-19(52(45,46)47)22(24(32)20(11)23(21)31)29-27-15-9-13(48(33,34)35)3-5-16(15)49(36,37)38/h2-9,31-32H,1H3,(H,25,30)(H,33,34,35)(H,36,37,38)(H,39,40,41)(H,42,43,44)(H,45,46,47)/b28-26+,29-27+. The SMILES string of the molecule is CC(=O)Nc1ccc(/N=N/c2c(S(=O)(=O)O)cc3cc(S(=O)(=O)O)c(/N=N/c4cc(S(=O)(=O)O)ccc4S(=O)(=O)O)c(O)c3c2O)c(S(=O)(=O)O)c1. The van der Waals surface area contributed by atoms with Gasteiger partial charge in [0.15, 0.2) is 11.5 Å². The van der Waals surface area contributed by atoms with E-state index in [4.69, 9.17) is 0 Å². The van der Waals surface area contributed by atoms with Gasteiger partial charge in [0.05, 0.1) is 10.3 Å². The fraction of sp³-hybridized carbons (Fsp3) is 0.0417. The van der Waals surface area contributed by atoms with E-state index in [1.54, 1.807) is 0 Å². The molecule has 4 aromatic carbocycles. The molecule has 0 spiro atoms. The van der Waals surface area contributed by atoms with E-state index >= 15 is 0 Å². The Morgan fingerprint density at radius 3 is 1.42 bits per heavy atom. The molecule has 0 aliphatic carbocycles. The summed E-state index contributed by atoms with van der Waals surface area (Å²) in [4.78, 5) is 5.39. The highest BCUT2D eigenvalue weighted by Crippen LogP contribution is 2.50. The molecule has 8 N–H and O–H groups in total. The number of amides is 1. The predicted octanol–water partition coefficient (Wildman–Crippen LogP) is 3.27. The molecule has 0 bridgehead atoms. The van der Waals surface area contributed by atoms with Crippen LogP contribution < -0.4 is 5.32 Å². The van der Waals surface area contributed by atoms with Crippen LogP contribution in [0.1, 0.15) is 6.92 Å². The molecule has 0 aromatic heterocycles. The fourth-order valence-corrected chi connectivity index (χ4v) is 7.36. The highest BCUT2D eigenvalue weighted by Gasteiger charge is 2.29. The van der Waals surface area contributed by atoms with E-state index in [1.165, 1.54) is 0 Å². The van der Waals surface area contributed by atoms with Crippen LogP contribution in [-0.4, -0.2) is 81.0 Å². The lowest BCUT2D eigenvalue weighted by molar-refractivity contribution is -0.114. The summed E-state index contributed by atoms with van der Waals surface area (Å²) < 4.78 is 168. The smallest absolute Gasteiger partial charge is 0.296 e. The molecule has 0 saturated carbocycles. The summed E-state index contributed by atoms with van der Waals surface area (Å²) in [6.07, 6.45) is 0. The Morgan fingerprint density at radius 2 is 1.00 bits per heavy atom. The van der Waals surface area contributed by atoms with Gasteiger partial charge in [-0.25, -0.2) is 0 Å². The van der Waals surface area contributed by atoms with Gasteiger partial charge in [-0.2, -0.15) is 42.1 Å². The number of hydrogen-bond donors (Lipinski definition) is 8. The number of azo groups is 2. The third-order valence-electron chi connectivity index (χ3n) is 6.39. The van der Waals surface area contributed by atoms with Crippen molar-refractivity contribution in [1.29, 1.82) is 0 Å². The number of benzene rings is 4. The number of nitrogens with one attached hydrogen (secondary N) is 1. The lowest BCUT2D eigenvalue weighted by Gasteiger charge is -2.13. The normalized spacial score (nSPS) is 13.3. The van der Waals surface area contributed by atoms with E-state index in [-0.39, 0.29) is 5.69 Å². The van der Waals surface area contributed by atoms with Gasteiger partial charge in [-0.3, -0.25) is 27.6 Å². The summed E-state index contributed by atoms with van der Waals surface area (Å²) >= 11 is 0. The van der Waals surface area contributed by atoms with E-state index in [0.717, 1.165) is 19.1 Å². The monoisotopic (exact) mass is 825 g/mol. The molecule has 1 amide bonds. The molecule has 28 heteroatoms. The summed E-state index contributed by atoms with van der Waals surface area (Å²) in [5, 5.41) is 36.2. The van der Waals surface area contributed by atoms with E-state index in [1.807, 2.05) is 0 Å². The Kier molecular flexibility index (Phi) is 10.3. The number of carbonyl (C=O) groups is 1. The van der Waals surface area contributed by atoms with Crippen molar-refractivity contribution in [3.63, 3.8) is 0 Å². The molecule has 278 valence electrons. The van der Waals surface area contributed by atoms with Crippen LogP contribution >= 0.6 is 0 Å². The van der Waals surface area contributed by atoms with Crippen LogP contribution in [0, 0.1) is 0 Å². The van der Waals surface area contributed by atoms with Crippen LogP contribution in [0.3, 0.4) is 0 Å². The van der Waals surface area contributed by atoms with E-state index in [0.29, 0.717) is 36.4 Å². The van der Waals surface area contributed by atoms with Crippen LogP contribution in [0.2, 0.25) is 0 Å². The van der Waals surface area contributed by atoms with Crippen molar-refractivity contribution in [3.05, 3.63) is 48.5 Å². The third kappa shape index (κ3) is 8.52. The van der Waals surface area contributed by atoms with Gasteiger partial charge in [0.2, 0.25) is 5.91 Å². The van der Waals surface area contributed by atoms with Gasteiger partial charge in [0.25, 0.3) is 50.6 Å². The van der Waals surface area contributed by atoms with Gasteiger partial charge in [0, 0.05) is 12.6 Å². The average molecular weight is 826 g/mol. The van der Waals surface area contributed by atoms with E-state index < -0.39 is 126 Å². The van der Waals surface area contributed by atoms with Crippen molar-refractivity contribution in [3.8, 4) is 11.5 Å². The van der Waals surface area contributed by atoms with Gasteiger partial charge in [-0.15, -0.1) is 20.5 Å². The molecule has 52 heavy (non-hydrogen) atoms. The number of carbonyl (C=O) groups excluding carboxylic acids is 1. The molecule has 0 fully saturated rings. The van der Waals surface area contributed by atoms with E-state index in [9.17, 15) is 79.9 Å². The fourth-order valence-electron chi connectivity index (χ4n) is 4.29. The van der Waals surface area contributed by atoms with Crippen LogP contribution in [-0.2, 0) is 55.4 Å². The second kappa shape index (κ2) is 13.5. The zero-order valence-corrected chi connectivity index (χ0v) is 29.2. The van der Waals surface area contributed by atoms with Crippen LogP contribution in [0.4, 0.5) is 28.4 Å². The van der Waals surface area contributed by atoms with Gasteiger partial charge < -0.3 is 15.5 Å². The summed E-state index contributed by atoms with van der Waals surface area (Å²) in [6.45, 7) is 1.07. The van der Waals surface area contributed by atoms with Gasteiger partial charge in [0.1, 0.15) is 42.3 Å². The Morgan fingerprint density at radius 1 is 0.538 bits per heavy atom. The van der Waals surface area contributed by atoms with Crippen LogP contribution in [0.15, 0.2) is 93.5 Å². The summed E-state index contributed by atoms with van der Waals surface area (Å²) in [7, 11) is -26.4. The maximum Gasteiger partial charge on any atom is 0.296 e. The van der Waals surface area contributed by atoms with Gasteiger partial charge >= 0.3 is 0 Å². The maximum atomic E-state index is 12.3. The van der Waals surface area contributed by atoms with Crippen molar-refractivity contribution >= 4 is 95.7 Å². The van der Waals surface area contributed by atoms with Crippen molar-refractivity contribution in [2.24, 2.45) is 20.5 Å².